The van der Waals surface area contributed by atoms with Gasteiger partial charge in [-0.15, -0.1) is 0 Å². The minimum absolute atomic E-state index is 0.213. The molecule has 0 spiro atoms. The van der Waals surface area contributed by atoms with Crippen molar-refractivity contribution in [1.82, 2.24) is 4.57 Å². The van der Waals surface area contributed by atoms with Gasteiger partial charge in [-0.1, -0.05) is 11.3 Å². The number of aromatic carboxylic acids is 1. The molecule has 2 N–H and O–H groups in total. The molecule has 2 heterocycles. The summed E-state index contributed by atoms with van der Waals surface area (Å²) in [6.45, 7) is 4.82. The summed E-state index contributed by atoms with van der Waals surface area (Å²) in [6, 6.07) is 1.62. The molecule has 0 fully saturated rings. The number of nitrogens with zero attached hydrogens (tertiary/aromatic N) is 1. The van der Waals surface area contributed by atoms with Crippen molar-refractivity contribution in [3.63, 3.8) is 0 Å². The summed E-state index contributed by atoms with van der Waals surface area (Å²) >= 11 is 1.36. The van der Waals surface area contributed by atoms with Crippen LogP contribution in [-0.4, -0.2) is 22.2 Å². The van der Waals surface area contributed by atoms with Crippen molar-refractivity contribution in [1.29, 1.82) is 0 Å². The first-order chi connectivity index (χ1) is 9.08. The summed E-state index contributed by atoms with van der Waals surface area (Å²) in [7, 11) is 0. The molecule has 0 saturated heterocycles. The number of anilines is 1. The summed E-state index contributed by atoms with van der Waals surface area (Å²) in [6.07, 6.45) is 1.38. The smallest absolute Gasteiger partial charge is 0.341 e. The fraction of sp³-hybridized carbons (Fsp3) is 0.333. The number of pyridine rings is 1. The Bertz CT molecular complexity index is 674. The molecule has 0 atom stereocenters. The lowest BCUT2D eigenvalue weighted by molar-refractivity contribution is 0.0695. The third-order valence-corrected chi connectivity index (χ3v) is 3.70. The summed E-state index contributed by atoms with van der Waals surface area (Å²) in [4.78, 5) is 28.9. The number of rotatable bonds is 5. The van der Waals surface area contributed by atoms with E-state index in [2.05, 4.69) is 5.48 Å². The minimum atomic E-state index is -1.21. The molecule has 6 nitrogen and oxygen atoms in total. The van der Waals surface area contributed by atoms with Crippen LogP contribution in [0.3, 0.4) is 0 Å². The Morgan fingerprint density at radius 2 is 2.26 bits per heavy atom. The predicted molar refractivity (Wildman–Crippen MR) is 74.0 cm³/mol. The van der Waals surface area contributed by atoms with Crippen LogP contribution in [0.5, 0.6) is 0 Å². The van der Waals surface area contributed by atoms with Crippen LogP contribution < -0.4 is 10.9 Å². The number of carboxylic acids is 1. The number of thiophene rings is 1. The molecule has 0 bridgehead atoms. The zero-order valence-electron chi connectivity index (χ0n) is 10.6. The molecular weight excluding hydrogens is 268 g/mol. The average Bonchev–Trinajstić information content (AvgIpc) is 2.81. The molecular formula is C12H14N2O4S. The maximum absolute atomic E-state index is 12.1. The van der Waals surface area contributed by atoms with Crippen molar-refractivity contribution < 1.29 is 14.7 Å². The zero-order valence-corrected chi connectivity index (χ0v) is 11.4. The topological polar surface area (TPSA) is 80.6 Å². The quantitative estimate of drug-likeness (QED) is 0.821. The molecule has 19 heavy (non-hydrogen) atoms. The predicted octanol–water partition coefficient (Wildman–Crippen LogP) is 2.14. The molecule has 2 aromatic heterocycles. The van der Waals surface area contributed by atoms with Gasteiger partial charge in [0.05, 0.1) is 12.0 Å². The van der Waals surface area contributed by atoms with Crippen LogP contribution in [0.25, 0.3) is 10.2 Å². The van der Waals surface area contributed by atoms with Crippen LogP contribution >= 0.6 is 11.3 Å². The van der Waals surface area contributed by atoms with Crippen LogP contribution in [0.15, 0.2) is 17.1 Å². The first-order valence-electron chi connectivity index (χ1n) is 5.86. The van der Waals surface area contributed by atoms with Crippen molar-refractivity contribution in [3.05, 3.63) is 28.0 Å². The molecule has 0 saturated carbocycles. The standard InChI is InChI=1S/C12H14N2O4S/c1-3-14-6-8(12(16)17)10(15)7-5-9(13-18-4-2)19-11(7)14/h5-6,13H,3-4H2,1-2H3,(H,16,17). The van der Waals surface area contributed by atoms with Crippen molar-refractivity contribution in [2.24, 2.45) is 0 Å². The molecule has 0 aliphatic rings. The molecule has 102 valence electrons. The van der Waals surface area contributed by atoms with Crippen molar-refractivity contribution in [3.8, 4) is 0 Å². The van der Waals surface area contributed by atoms with Gasteiger partial charge < -0.3 is 9.67 Å². The normalized spacial score (nSPS) is 10.8. The van der Waals surface area contributed by atoms with E-state index in [0.717, 1.165) is 4.83 Å². The molecule has 0 aliphatic carbocycles. The number of hydrogen-bond donors (Lipinski definition) is 2. The van der Waals surface area contributed by atoms with Crippen molar-refractivity contribution >= 4 is 32.5 Å². The van der Waals surface area contributed by atoms with Gasteiger partial charge in [-0.05, 0) is 19.9 Å². The van der Waals surface area contributed by atoms with E-state index in [1.807, 2.05) is 13.8 Å². The third kappa shape index (κ3) is 2.47. The van der Waals surface area contributed by atoms with Crippen molar-refractivity contribution in [2.75, 3.05) is 12.1 Å². The van der Waals surface area contributed by atoms with E-state index in [4.69, 9.17) is 9.94 Å². The van der Waals surface area contributed by atoms with Crippen LogP contribution in [0.2, 0.25) is 0 Å². The number of carboxylic acid groups (broad SMARTS) is 1. The molecule has 0 aliphatic heterocycles. The van der Waals surface area contributed by atoms with Gasteiger partial charge in [0.1, 0.15) is 15.4 Å². The minimum Gasteiger partial charge on any atom is -0.477 e. The van der Waals surface area contributed by atoms with Gasteiger partial charge in [0.25, 0.3) is 0 Å². The molecule has 2 aromatic rings. The van der Waals surface area contributed by atoms with Crippen LogP contribution in [-0.2, 0) is 11.4 Å². The largest absolute Gasteiger partial charge is 0.477 e. The first kappa shape index (κ1) is 13.6. The highest BCUT2D eigenvalue weighted by molar-refractivity contribution is 7.22. The molecule has 0 unspecified atom stereocenters. The second kappa shape index (κ2) is 5.41. The maximum Gasteiger partial charge on any atom is 0.341 e. The Morgan fingerprint density at radius 3 is 2.84 bits per heavy atom. The van der Waals surface area contributed by atoms with E-state index < -0.39 is 11.4 Å². The van der Waals surface area contributed by atoms with E-state index in [1.54, 1.807) is 10.6 Å². The Hall–Kier alpha value is -1.86. The highest BCUT2D eigenvalue weighted by Crippen LogP contribution is 2.28. The number of aryl methyl sites for hydroxylation is 1. The number of nitrogens with one attached hydrogen (secondary N) is 1. The van der Waals surface area contributed by atoms with E-state index in [-0.39, 0.29) is 5.56 Å². The first-order valence-corrected chi connectivity index (χ1v) is 6.68. The SMILES string of the molecule is CCONc1cc2c(=O)c(C(=O)O)cn(CC)c2s1. The fourth-order valence-electron chi connectivity index (χ4n) is 1.76. The molecule has 0 amide bonds. The summed E-state index contributed by atoms with van der Waals surface area (Å²) in [5.41, 5.74) is 2.05. The number of fused-ring (bicyclic) bond motifs is 1. The number of carbonyl (C=O) groups is 1. The lowest BCUT2D eigenvalue weighted by Crippen LogP contribution is -2.17. The Balaban J connectivity index is 2.64. The van der Waals surface area contributed by atoms with Gasteiger partial charge in [0, 0.05) is 12.7 Å². The van der Waals surface area contributed by atoms with Gasteiger partial charge in [-0.2, -0.15) is 0 Å². The summed E-state index contributed by atoms with van der Waals surface area (Å²) < 4.78 is 1.75. The zero-order chi connectivity index (χ0) is 14.0. The van der Waals surface area contributed by atoms with Gasteiger partial charge >= 0.3 is 5.97 Å². The highest BCUT2D eigenvalue weighted by atomic mass is 32.1. The van der Waals surface area contributed by atoms with Gasteiger partial charge in [-0.25, -0.2) is 4.79 Å². The average molecular weight is 282 g/mol. The Morgan fingerprint density at radius 1 is 1.53 bits per heavy atom. The third-order valence-electron chi connectivity index (χ3n) is 2.64. The fourth-order valence-corrected chi connectivity index (χ4v) is 2.80. The Labute approximate surface area is 113 Å². The highest BCUT2D eigenvalue weighted by Gasteiger charge is 2.16. The maximum atomic E-state index is 12.1. The number of hydrogen-bond acceptors (Lipinski definition) is 5. The second-order valence-electron chi connectivity index (χ2n) is 3.83. The number of aromatic nitrogens is 1. The molecule has 7 heteroatoms. The van der Waals surface area contributed by atoms with Crippen LogP contribution in [0.1, 0.15) is 24.2 Å². The molecule has 0 radical (unpaired) electrons. The monoisotopic (exact) mass is 282 g/mol. The van der Waals surface area contributed by atoms with E-state index in [9.17, 15) is 9.59 Å². The lowest BCUT2D eigenvalue weighted by Gasteiger charge is -2.05. The van der Waals surface area contributed by atoms with Crippen LogP contribution in [0, 0.1) is 0 Å². The second-order valence-corrected chi connectivity index (χ2v) is 4.86. The Kier molecular flexibility index (Phi) is 3.87. The summed E-state index contributed by atoms with van der Waals surface area (Å²) in [5.74, 6) is -1.21. The molecule has 2 rings (SSSR count). The van der Waals surface area contributed by atoms with Crippen LogP contribution in [0.4, 0.5) is 5.00 Å². The van der Waals surface area contributed by atoms with E-state index in [1.165, 1.54) is 17.5 Å². The van der Waals surface area contributed by atoms with E-state index in [0.29, 0.717) is 23.5 Å². The van der Waals surface area contributed by atoms with Gasteiger partial charge in [0.15, 0.2) is 0 Å². The van der Waals surface area contributed by atoms with E-state index >= 15 is 0 Å². The van der Waals surface area contributed by atoms with Crippen molar-refractivity contribution in [2.45, 2.75) is 20.4 Å². The molecule has 0 aromatic carbocycles. The summed E-state index contributed by atoms with van der Waals surface area (Å²) in [5, 5.41) is 10.1. The van der Waals surface area contributed by atoms with Gasteiger partial charge in [-0.3, -0.25) is 15.1 Å². The van der Waals surface area contributed by atoms with Gasteiger partial charge in [0.2, 0.25) is 5.43 Å². The lowest BCUT2D eigenvalue weighted by atomic mass is 10.2.